The van der Waals surface area contributed by atoms with Gasteiger partial charge >= 0.3 is 0 Å². The van der Waals surface area contributed by atoms with Crippen LogP contribution in [0, 0.1) is 0 Å². The molecule has 0 spiro atoms. The Bertz CT molecular complexity index is 877. The highest BCUT2D eigenvalue weighted by molar-refractivity contribution is 5.84. The molecule has 0 saturated carbocycles. The third-order valence-corrected chi connectivity index (χ3v) is 5.01. The largest absolute Gasteiger partial charge is 0.361 e. The summed E-state index contributed by atoms with van der Waals surface area (Å²) in [5.74, 6) is 0.113. The van der Waals surface area contributed by atoms with Crippen molar-refractivity contribution in [2.24, 2.45) is 7.05 Å². The SMILES string of the molecule is Cn1ncc2c1CCCC2NC(=O)CCc1c[nH]c2ccccc12. The van der Waals surface area contributed by atoms with Crippen LogP contribution in [0.1, 0.15) is 42.1 Å². The molecule has 2 N–H and O–H groups in total. The normalized spacial score (nSPS) is 17.0. The number of nitrogens with zero attached hydrogens (tertiary/aromatic N) is 2. The van der Waals surface area contributed by atoms with Gasteiger partial charge in [-0.15, -0.1) is 0 Å². The number of hydrogen-bond donors (Lipinski definition) is 2. The van der Waals surface area contributed by atoms with Gasteiger partial charge in [0.15, 0.2) is 0 Å². The van der Waals surface area contributed by atoms with E-state index in [0.717, 1.165) is 31.2 Å². The summed E-state index contributed by atoms with van der Waals surface area (Å²) in [6.45, 7) is 0. The molecule has 1 aliphatic carbocycles. The summed E-state index contributed by atoms with van der Waals surface area (Å²) in [6, 6.07) is 8.32. The highest BCUT2D eigenvalue weighted by atomic mass is 16.1. The second-order valence-corrected chi connectivity index (χ2v) is 6.54. The molecule has 2 aromatic heterocycles. The molecule has 24 heavy (non-hydrogen) atoms. The van der Waals surface area contributed by atoms with E-state index in [0.29, 0.717) is 6.42 Å². The Hall–Kier alpha value is -2.56. The Morgan fingerprint density at radius 1 is 1.42 bits per heavy atom. The Kier molecular flexibility index (Phi) is 3.84. The van der Waals surface area contributed by atoms with Crippen molar-refractivity contribution >= 4 is 16.8 Å². The van der Waals surface area contributed by atoms with Crippen molar-refractivity contribution in [3.8, 4) is 0 Å². The van der Waals surface area contributed by atoms with E-state index in [4.69, 9.17) is 0 Å². The lowest BCUT2D eigenvalue weighted by Crippen LogP contribution is -2.31. The highest BCUT2D eigenvalue weighted by Crippen LogP contribution is 2.29. The maximum atomic E-state index is 12.4. The fourth-order valence-electron chi connectivity index (χ4n) is 3.71. The minimum Gasteiger partial charge on any atom is -0.361 e. The highest BCUT2D eigenvalue weighted by Gasteiger charge is 2.24. The summed E-state index contributed by atoms with van der Waals surface area (Å²) >= 11 is 0. The summed E-state index contributed by atoms with van der Waals surface area (Å²) in [6.07, 6.45) is 8.32. The van der Waals surface area contributed by atoms with Gasteiger partial charge in [-0.3, -0.25) is 9.48 Å². The minimum absolute atomic E-state index is 0.109. The zero-order valence-electron chi connectivity index (χ0n) is 13.9. The lowest BCUT2D eigenvalue weighted by Gasteiger charge is -2.23. The van der Waals surface area contributed by atoms with E-state index in [1.54, 1.807) is 0 Å². The number of aryl methyl sites for hydroxylation is 2. The van der Waals surface area contributed by atoms with Crippen molar-refractivity contribution < 1.29 is 4.79 Å². The van der Waals surface area contributed by atoms with E-state index >= 15 is 0 Å². The number of para-hydroxylation sites is 1. The van der Waals surface area contributed by atoms with Gasteiger partial charge in [0.05, 0.1) is 12.2 Å². The van der Waals surface area contributed by atoms with Crippen LogP contribution in [-0.4, -0.2) is 20.7 Å². The van der Waals surface area contributed by atoms with Gasteiger partial charge < -0.3 is 10.3 Å². The first-order valence-corrected chi connectivity index (χ1v) is 8.57. The van der Waals surface area contributed by atoms with Gasteiger partial charge in [0.25, 0.3) is 0 Å². The number of fused-ring (bicyclic) bond motifs is 2. The fourth-order valence-corrected chi connectivity index (χ4v) is 3.71. The number of aromatic amines is 1. The van der Waals surface area contributed by atoms with Crippen molar-refractivity contribution in [1.82, 2.24) is 20.1 Å². The zero-order valence-corrected chi connectivity index (χ0v) is 13.9. The number of rotatable bonds is 4. The lowest BCUT2D eigenvalue weighted by molar-refractivity contribution is -0.121. The Morgan fingerprint density at radius 3 is 3.21 bits per heavy atom. The molecule has 3 aromatic rings. The van der Waals surface area contributed by atoms with Gasteiger partial charge in [-0.25, -0.2) is 0 Å². The quantitative estimate of drug-likeness (QED) is 0.775. The molecule has 0 aliphatic heterocycles. The summed E-state index contributed by atoms with van der Waals surface area (Å²) < 4.78 is 1.93. The van der Waals surface area contributed by atoms with E-state index in [-0.39, 0.29) is 11.9 Å². The van der Waals surface area contributed by atoms with Crippen LogP contribution in [0.15, 0.2) is 36.7 Å². The van der Waals surface area contributed by atoms with Crippen LogP contribution in [0.2, 0.25) is 0 Å². The Labute approximate surface area is 141 Å². The molecule has 124 valence electrons. The third kappa shape index (κ3) is 2.70. The number of benzene rings is 1. The number of carbonyl (C=O) groups is 1. The van der Waals surface area contributed by atoms with Crippen LogP contribution < -0.4 is 5.32 Å². The Morgan fingerprint density at radius 2 is 2.29 bits per heavy atom. The second-order valence-electron chi connectivity index (χ2n) is 6.54. The average Bonchev–Trinajstić information content (AvgIpc) is 3.18. The summed E-state index contributed by atoms with van der Waals surface area (Å²) in [4.78, 5) is 15.7. The molecule has 2 heterocycles. The van der Waals surface area contributed by atoms with E-state index in [1.807, 2.05) is 36.3 Å². The van der Waals surface area contributed by atoms with Crippen LogP contribution in [0.25, 0.3) is 10.9 Å². The van der Waals surface area contributed by atoms with Gasteiger partial charge in [0.2, 0.25) is 5.91 Å². The van der Waals surface area contributed by atoms with E-state index in [2.05, 4.69) is 27.5 Å². The summed E-state index contributed by atoms with van der Waals surface area (Å²) in [7, 11) is 1.97. The van der Waals surface area contributed by atoms with E-state index < -0.39 is 0 Å². The molecule has 0 fully saturated rings. The minimum atomic E-state index is 0.109. The van der Waals surface area contributed by atoms with Gasteiger partial charge in [-0.05, 0) is 37.3 Å². The first-order valence-electron chi connectivity index (χ1n) is 8.57. The number of amides is 1. The van der Waals surface area contributed by atoms with Gasteiger partial charge in [-0.2, -0.15) is 5.10 Å². The van der Waals surface area contributed by atoms with E-state index in [1.165, 1.54) is 22.2 Å². The molecule has 0 bridgehead atoms. The maximum absolute atomic E-state index is 12.4. The van der Waals surface area contributed by atoms with Crippen molar-refractivity contribution in [1.29, 1.82) is 0 Å². The monoisotopic (exact) mass is 322 g/mol. The van der Waals surface area contributed by atoms with Gasteiger partial charge in [0, 0.05) is 41.8 Å². The molecule has 1 amide bonds. The molecule has 1 aromatic carbocycles. The molecule has 0 radical (unpaired) electrons. The predicted molar refractivity (Wildman–Crippen MR) is 93.6 cm³/mol. The third-order valence-electron chi connectivity index (χ3n) is 5.01. The number of hydrogen-bond acceptors (Lipinski definition) is 2. The predicted octanol–water partition coefficient (Wildman–Crippen LogP) is 3.03. The summed E-state index contributed by atoms with van der Waals surface area (Å²) in [5.41, 5.74) is 4.76. The van der Waals surface area contributed by atoms with Gasteiger partial charge in [0.1, 0.15) is 0 Å². The standard InChI is InChI=1S/C19H22N4O/c1-23-18-8-4-7-17(15(18)12-21-23)22-19(24)10-9-13-11-20-16-6-3-2-5-14(13)16/h2-3,5-6,11-12,17,20H,4,7-10H2,1H3,(H,22,24). The molecule has 1 unspecified atom stereocenters. The molecule has 0 saturated heterocycles. The first kappa shape index (κ1) is 15.0. The molecule has 1 atom stereocenters. The number of H-pyrrole nitrogens is 1. The maximum Gasteiger partial charge on any atom is 0.220 e. The fraction of sp³-hybridized carbons (Fsp3) is 0.368. The molecule has 1 aliphatic rings. The molecule has 5 heteroatoms. The van der Waals surface area contributed by atoms with Crippen LogP contribution in [0.3, 0.4) is 0 Å². The lowest BCUT2D eigenvalue weighted by atomic mass is 9.93. The topological polar surface area (TPSA) is 62.7 Å². The smallest absolute Gasteiger partial charge is 0.220 e. The van der Waals surface area contributed by atoms with Crippen LogP contribution in [0.5, 0.6) is 0 Å². The van der Waals surface area contributed by atoms with Crippen molar-refractivity contribution in [2.75, 3.05) is 0 Å². The number of nitrogens with one attached hydrogen (secondary N) is 2. The average molecular weight is 322 g/mol. The van der Waals surface area contributed by atoms with Crippen molar-refractivity contribution in [3.63, 3.8) is 0 Å². The van der Waals surface area contributed by atoms with Crippen LogP contribution >= 0.6 is 0 Å². The van der Waals surface area contributed by atoms with Gasteiger partial charge in [-0.1, -0.05) is 18.2 Å². The molecular formula is C19H22N4O. The molecular weight excluding hydrogens is 300 g/mol. The molecule has 5 nitrogen and oxygen atoms in total. The zero-order chi connectivity index (χ0) is 16.5. The second kappa shape index (κ2) is 6.15. The number of carbonyl (C=O) groups excluding carboxylic acids is 1. The molecule has 4 rings (SSSR count). The number of aromatic nitrogens is 3. The van der Waals surface area contributed by atoms with Crippen molar-refractivity contribution in [3.05, 3.63) is 53.5 Å². The summed E-state index contributed by atoms with van der Waals surface area (Å²) in [5, 5.41) is 8.74. The van der Waals surface area contributed by atoms with E-state index in [9.17, 15) is 4.79 Å². The Balaban J connectivity index is 1.41. The van der Waals surface area contributed by atoms with Crippen molar-refractivity contribution in [2.45, 2.75) is 38.1 Å². The first-order chi connectivity index (χ1) is 11.7. The van der Waals surface area contributed by atoms with Crippen LogP contribution in [0.4, 0.5) is 0 Å². The van der Waals surface area contributed by atoms with Crippen LogP contribution in [-0.2, 0) is 24.7 Å².